The fourth-order valence-electron chi connectivity index (χ4n) is 1.68. The van der Waals surface area contributed by atoms with Crippen molar-refractivity contribution in [3.05, 3.63) is 46.7 Å². The number of aromatic nitrogens is 2. The van der Waals surface area contributed by atoms with Crippen LogP contribution in [0.3, 0.4) is 0 Å². The second-order valence-electron chi connectivity index (χ2n) is 4.04. The Labute approximate surface area is 115 Å². The first-order chi connectivity index (χ1) is 9.09. The molecule has 0 aliphatic rings. The van der Waals surface area contributed by atoms with E-state index in [0.29, 0.717) is 12.1 Å². The summed E-state index contributed by atoms with van der Waals surface area (Å²) in [6.07, 6.45) is 2.30. The summed E-state index contributed by atoms with van der Waals surface area (Å²) in [6.45, 7) is 0.267. The van der Waals surface area contributed by atoms with Crippen LogP contribution in [-0.4, -0.2) is 22.4 Å². The van der Waals surface area contributed by atoms with Crippen LogP contribution in [-0.2, 0) is 18.2 Å². The van der Waals surface area contributed by atoms with E-state index in [1.807, 2.05) is 13.1 Å². The number of rotatable bonds is 4. The Morgan fingerprint density at radius 2 is 2.26 bits per heavy atom. The molecule has 2 N–H and O–H groups in total. The molecule has 2 rings (SSSR count). The highest BCUT2D eigenvalue weighted by atomic mass is 35.5. The lowest BCUT2D eigenvalue weighted by Gasteiger charge is -2.07. The van der Waals surface area contributed by atoms with E-state index < -0.39 is 5.97 Å². The highest BCUT2D eigenvalue weighted by Crippen LogP contribution is 2.23. The number of carbonyl (C=O) groups excluding carboxylic acids is 1. The second kappa shape index (κ2) is 5.75. The fourth-order valence-corrected chi connectivity index (χ4v) is 1.88. The molecule has 19 heavy (non-hydrogen) atoms. The van der Waals surface area contributed by atoms with Gasteiger partial charge in [0.15, 0.2) is 0 Å². The van der Waals surface area contributed by atoms with Crippen LogP contribution in [0.1, 0.15) is 16.1 Å². The summed E-state index contributed by atoms with van der Waals surface area (Å²) in [7, 11) is 1.84. The Kier molecular flexibility index (Phi) is 4.06. The minimum atomic E-state index is -0.473. The Bertz CT molecular complexity index is 595. The number of anilines is 1. The lowest BCUT2D eigenvalue weighted by atomic mass is 10.2. The Balaban J connectivity index is 1.95. The summed E-state index contributed by atoms with van der Waals surface area (Å²) >= 11 is 5.95. The molecule has 1 heterocycles. The van der Waals surface area contributed by atoms with Crippen molar-refractivity contribution in [1.82, 2.24) is 9.78 Å². The zero-order valence-electron chi connectivity index (χ0n) is 10.5. The lowest BCUT2D eigenvalue weighted by Crippen LogP contribution is -2.11. The molecule has 0 amide bonds. The predicted molar refractivity (Wildman–Crippen MR) is 73.1 cm³/mol. The number of nitrogen functional groups attached to an aromatic ring is 1. The van der Waals surface area contributed by atoms with E-state index in [2.05, 4.69) is 5.10 Å². The van der Waals surface area contributed by atoms with E-state index in [1.165, 1.54) is 0 Å². The van der Waals surface area contributed by atoms with Gasteiger partial charge in [0, 0.05) is 25.4 Å². The molecular formula is C13H14ClN3O2. The molecule has 0 radical (unpaired) electrons. The van der Waals surface area contributed by atoms with E-state index in [9.17, 15) is 4.79 Å². The molecular weight excluding hydrogens is 266 g/mol. The zero-order valence-corrected chi connectivity index (χ0v) is 11.2. The molecule has 1 aromatic heterocycles. The number of nitrogens with zero attached hydrogens (tertiary/aromatic N) is 2. The summed E-state index contributed by atoms with van der Waals surface area (Å²) in [4.78, 5) is 11.8. The number of nitrogens with two attached hydrogens (primary N) is 1. The molecule has 0 aliphatic heterocycles. The van der Waals surface area contributed by atoms with Crippen LogP contribution >= 0.6 is 11.6 Å². The highest BCUT2D eigenvalue weighted by Gasteiger charge is 2.13. The van der Waals surface area contributed by atoms with Gasteiger partial charge in [0.1, 0.15) is 0 Å². The van der Waals surface area contributed by atoms with Crippen molar-refractivity contribution in [2.24, 2.45) is 7.05 Å². The molecule has 1 aromatic carbocycles. The van der Waals surface area contributed by atoms with Crippen molar-refractivity contribution in [3.63, 3.8) is 0 Å². The third kappa shape index (κ3) is 3.06. The van der Waals surface area contributed by atoms with Crippen molar-refractivity contribution < 1.29 is 9.53 Å². The van der Waals surface area contributed by atoms with Gasteiger partial charge >= 0.3 is 5.97 Å². The Hall–Kier alpha value is -2.01. The van der Waals surface area contributed by atoms with Crippen molar-refractivity contribution in [2.75, 3.05) is 12.3 Å². The minimum absolute atomic E-state index is 0.230. The molecule has 5 nitrogen and oxygen atoms in total. The van der Waals surface area contributed by atoms with Crippen LogP contribution in [0, 0.1) is 0 Å². The van der Waals surface area contributed by atoms with Gasteiger partial charge in [-0.2, -0.15) is 5.10 Å². The summed E-state index contributed by atoms with van der Waals surface area (Å²) in [5.74, 6) is -0.473. The van der Waals surface area contributed by atoms with Gasteiger partial charge < -0.3 is 10.5 Å². The highest BCUT2D eigenvalue weighted by molar-refractivity contribution is 6.36. The maximum absolute atomic E-state index is 11.8. The Morgan fingerprint density at radius 1 is 1.47 bits per heavy atom. The topological polar surface area (TPSA) is 70.1 Å². The largest absolute Gasteiger partial charge is 0.462 e. The van der Waals surface area contributed by atoms with Gasteiger partial charge in [-0.05, 0) is 18.2 Å². The van der Waals surface area contributed by atoms with E-state index in [4.69, 9.17) is 22.1 Å². The molecule has 0 aliphatic carbocycles. The molecule has 0 bridgehead atoms. The van der Waals surface area contributed by atoms with E-state index >= 15 is 0 Å². The monoisotopic (exact) mass is 279 g/mol. The van der Waals surface area contributed by atoms with Crippen LogP contribution in [0.2, 0.25) is 5.02 Å². The molecule has 0 saturated heterocycles. The van der Waals surface area contributed by atoms with Crippen LogP contribution in [0.5, 0.6) is 0 Å². The first-order valence-electron chi connectivity index (χ1n) is 5.77. The number of aryl methyl sites for hydroxylation is 1. The first kappa shape index (κ1) is 13.4. The van der Waals surface area contributed by atoms with Crippen LogP contribution in [0.15, 0.2) is 30.5 Å². The van der Waals surface area contributed by atoms with E-state index in [1.54, 1.807) is 29.1 Å². The number of ether oxygens (including phenoxy) is 1. The van der Waals surface area contributed by atoms with Gasteiger partial charge in [-0.15, -0.1) is 0 Å². The van der Waals surface area contributed by atoms with Gasteiger partial charge in [0.25, 0.3) is 0 Å². The molecule has 0 atom stereocenters. The van der Waals surface area contributed by atoms with Crippen LogP contribution in [0.4, 0.5) is 5.69 Å². The number of halogens is 1. The standard InChI is InChI=1S/C13H14ClN3O2/c1-17-9(5-7-16-17)6-8-19-13(18)10-3-2-4-11(15)12(10)14/h2-5,7H,6,8,15H2,1H3. The molecule has 0 saturated carbocycles. The number of hydrogen-bond acceptors (Lipinski definition) is 4. The summed E-state index contributed by atoms with van der Waals surface area (Å²) < 4.78 is 6.91. The van der Waals surface area contributed by atoms with E-state index in [-0.39, 0.29) is 17.2 Å². The average molecular weight is 280 g/mol. The van der Waals surface area contributed by atoms with Crippen molar-refractivity contribution >= 4 is 23.3 Å². The molecule has 0 unspecified atom stereocenters. The third-order valence-corrected chi connectivity index (χ3v) is 3.18. The maximum atomic E-state index is 11.8. The number of hydrogen-bond donors (Lipinski definition) is 1. The first-order valence-corrected chi connectivity index (χ1v) is 6.15. The molecule has 2 aromatic rings. The van der Waals surface area contributed by atoms with Crippen molar-refractivity contribution in [1.29, 1.82) is 0 Å². The van der Waals surface area contributed by atoms with Gasteiger partial charge in [-0.25, -0.2) is 4.79 Å². The van der Waals surface area contributed by atoms with Crippen molar-refractivity contribution in [3.8, 4) is 0 Å². The minimum Gasteiger partial charge on any atom is -0.462 e. The SMILES string of the molecule is Cn1nccc1CCOC(=O)c1cccc(N)c1Cl. The number of benzene rings is 1. The molecule has 0 fully saturated rings. The predicted octanol–water partition coefficient (Wildman–Crippen LogP) is 2.06. The van der Waals surface area contributed by atoms with Crippen LogP contribution in [0.25, 0.3) is 0 Å². The number of esters is 1. The van der Waals surface area contributed by atoms with Gasteiger partial charge in [0.2, 0.25) is 0 Å². The maximum Gasteiger partial charge on any atom is 0.339 e. The second-order valence-corrected chi connectivity index (χ2v) is 4.42. The van der Waals surface area contributed by atoms with Gasteiger partial charge in [-0.1, -0.05) is 17.7 Å². The molecule has 0 spiro atoms. The summed E-state index contributed by atoms with van der Waals surface area (Å²) in [5.41, 5.74) is 7.27. The smallest absolute Gasteiger partial charge is 0.339 e. The lowest BCUT2D eigenvalue weighted by molar-refractivity contribution is 0.0508. The zero-order chi connectivity index (χ0) is 13.8. The molecule has 6 heteroatoms. The third-order valence-electron chi connectivity index (χ3n) is 2.76. The fraction of sp³-hybridized carbons (Fsp3) is 0.231. The van der Waals surface area contributed by atoms with E-state index in [0.717, 1.165) is 5.69 Å². The normalized spacial score (nSPS) is 10.4. The Morgan fingerprint density at radius 3 is 2.95 bits per heavy atom. The van der Waals surface area contributed by atoms with Gasteiger partial charge in [0.05, 0.1) is 22.9 Å². The average Bonchev–Trinajstić information content (AvgIpc) is 2.78. The molecule has 100 valence electrons. The quantitative estimate of drug-likeness (QED) is 0.687. The van der Waals surface area contributed by atoms with Gasteiger partial charge in [-0.3, -0.25) is 4.68 Å². The summed E-state index contributed by atoms with van der Waals surface area (Å²) in [6, 6.07) is 6.76. The van der Waals surface area contributed by atoms with Crippen molar-refractivity contribution in [2.45, 2.75) is 6.42 Å². The number of carbonyl (C=O) groups is 1. The summed E-state index contributed by atoms with van der Waals surface area (Å²) in [5, 5.41) is 4.27. The van der Waals surface area contributed by atoms with Crippen LogP contribution < -0.4 is 5.73 Å².